The van der Waals surface area contributed by atoms with E-state index in [0.29, 0.717) is 10.6 Å². The maximum Gasteiger partial charge on any atom is 0.335 e. The number of carbonyl (C=O) groups is 2. The number of hydrogen-bond acceptors (Lipinski definition) is 3. The van der Waals surface area contributed by atoms with Crippen molar-refractivity contribution < 1.29 is 14.7 Å². The first-order valence-corrected chi connectivity index (χ1v) is 9.68. The van der Waals surface area contributed by atoms with Crippen molar-refractivity contribution in [3.8, 4) is 0 Å². The Bertz CT molecular complexity index is 874. The predicted molar refractivity (Wildman–Crippen MR) is 111 cm³/mol. The van der Waals surface area contributed by atoms with E-state index < -0.39 is 11.9 Å². The quantitative estimate of drug-likeness (QED) is 0.755. The van der Waals surface area contributed by atoms with Crippen molar-refractivity contribution in [2.24, 2.45) is 0 Å². The molecule has 0 aliphatic carbocycles. The van der Waals surface area contributed by atoms with Crippen molar-refractivity contribution >= 4 is 29.2 Å². The molecular formula is C22H23ClN2O3. The lowest BCUT2D eigenvalue weighted by Gasteiger charge is -2.33. The zero-order valence-electron chi connectivity index (χ0n) is 15.5. The third kappa shape index (κ3) is 4.20. The van der Waals surface area contributed by atoms with Gasteiger partial charge in [-0.25, -0.2) is 4.79 Å². The summed E-state index contributed by atoms with van der Waals surface area (Å²) in [6, 6.07) is 12.0. The first kappa shape index (κ1) is 20.0. The molecule has 2 aromatic rings. The number of nitrogens with one attached hydrogen (secondary N) is 1. The number of amides is 1. The number of halogens is 1. The lowest BCUT2D eigenvalue weighted by molar-refractivity contribution is -0.120. The van der Waals surface area contributed by atoms with Crippen LogP contribution in [0.4, 0.5) is 5.69 Å². The van der Waals surface area contributed by atoms with E-state index in [4.69, 9.17) is 16.7 Å². The minimum atomic E-state index is -1.01. The summed E-state index contributed by atoms with van der Waals surface area (Å²) in [4.78, 5) is 26.4. The highest BCUT2D eigenvalue weighted by atomic mass is 35.5. The summed E-state index contributed by atoms with van der Waals surface area (Å²) in [6.07, 6.45) is 4.74. The molecule has 0 aromatic heterocycles. The number of nitrogens with zero attached hydrogens (tertiary/aromatic N) is 1. The standard InChI is InChI=1S/C22H23ClN2O3/c1-2-24-21(26)19(15-9-11-16(12-10-15)22(27)28)20-17(23)7-6-8-18(20)25-13-4-3-5-14-25/h2,6-12,19H,1,3-5,13-14H2,(H,24,26)(H,27,28). The molecule has 5 nitrogen and oxygen atoms in total. The van der Waals surface area contributed by atoms with Gasteiger partial charge in [-0.2, -0.15) is 0 Å². The summed E-state index contributed by atoms with van der Waals surface area (Å²) >= 11 is 6.59. The van der Waals surface area contributed by atoms with Gasteiger partial charge in [-0.15, -0.1) is 0 Å². The fourth-order valence-corrected chi connectivity index (χ4v) is 3.95. The van der Waals surface area contributed by atoms with Crippen LogP contribution >= 0.6 is 11.6 Å². The molecule has 1 amide bonds. The lowest BCUT2D eigenvalue weighted by Crippen LogP contribution is -2.33. The third-order valence-corrected chi connectivity index (χ3v) is 5.34. The number of rotatable bonds is 6. The Hall–Kier alpha value is -2.79. The molecule has 1 atom stereocenters. The van der Waals surface area contributed by atoms with Crippen LogP contribution in [-0.2, 0) is 4.79 Å². The normalized spacial score (nSPS) is 15.0. The molecule has 0 radical (unpaired) electrons. The van der Waals surface area contributed by atoms with Gasteiger partial charge in [0.2, 0.25) is 5.91 Å². The van der Waals surface area contributed by atoms with Gasteiger partial charge in [-0.1, -0.05) is 36.4 Å². The second-order valence-corrected chi connectivity index (χ2v) is 7.20. The summed E-state index contributed by atoms with van der Waals surface area (Å²) in [5, 5.41) is 12.3. The van der Waals surface area contributed by atoms with E-state index in [-0.39, 0.29) is 11.5 Å². The topological polar surface area (TPSA) is 69.6 Å². The molecule has 1 fully saturated rings. The van der Waals surface area contributed by atoms with Gasteiger partial charge in [0.05, 0.1) is 11.5 Å². The smallest absolute Gasteiger partial charge is 0.335 e. The molecule has 1 heterocycles. The van der Waals surface area contributed by atoms with Crippen LogP contribution in [0, 0.1) is 0 Å². The van der Waals surface area contributed by atoms with Gasteiger partial charge in [0.25, 0.3) is 0 Å². The maximum atomic E-state index is 13.0. The van der Waals surface area contributed by atoms with Crippen LogP contribution in [-0.4, -0.2) is 30.1 Å². The van der Waals surface area contributed by atoms with Gasteiger partial charge in [0.15, 0.2) is 0 Å². The second kappa shape index (κ2) is 8.93. The molecule has 28 heavy (non-hydrogen) atoms. The number of hydrogen-bond donors (Lipinski definition) is 2. The van der Waals surface area contributed by atoms with Crippen LogP contribution in [0.25, 0.3) is 0 Å². The van der Waals surface area contributed by atoms with Gasteiger partial charge in [0.1, 0.15) is 0 Å². The van der Waals surface area contributed by atoms with E-state index in [1.807, 2.05) is 12.1 Å². The fourth-order valence-electron chi connectivity index (χ4n) is 3.67. The Morgan fingerprint density at radius 1 is 1.11 bits per heavy atom. The number of benzene rings is 2. The Kier molecular flexibility index (Phi) is 6.37. The summed E-state index contributed by atoms with van der Waals surface area (Å²) in [5.41, 5.74) is 2.52. The average molecular weight is 399 g/mol. The summed E-state index contributed by atoms with van der Waals surface area (Å²) < 4.78 is 0. The molecule has 0 bridgehead atoms. The zero-order chi connectivity index (χ0) is 20.1. The van der Waals surface area contributed by atoms with E-state index in [1.165, 1.54) is 24.8 Å². The molecule has 3 rings (SSSR count). The van der Waals surface area contributed by atoms with E-state index in [0.717, 1.165) is 37.2 Å². The van der Waals surface area contributed by atoms with Crippen molar-refractivity contribution in [1.29, 1.82) is 0 Å². The van der Waals surface area contributed by atoms with Gasteiger partial charge >= 0.3 is 5.97 Å². The van der Waals surface area contributed by atoms with Gasteiger partial charge in [-0.3, -0.25) is 4.79 Å². The number of piperidine rings is 1. The summed E-state index contributed by atoms with van der Waals surface area (Å²) in [5.74, 6) is -1.94. The Balaban J connectivity index is 2.11. The zero-order valence-corrected chi connectivity index (χ0v) is 16.3. The third-order valence-electron chi connectivity index (χ3n) is 5.01. The highest BCUT2D eigenvalue weighted by Crippen LogP contribution is 2.39. The van der Waals surface area contributed by atoms with Crippen LogP contribution in [0.5, 0.6) is 0 Å². The van der Waals surface area contributed by atoms with Crippen LogP contribution in [0.3, 0.4) is 0 Å². The Morgan fingerprint density at radius 3 is 2.39 bits per heavy atom. The summed E-state index contributed by atoms with van der Waals surface area (Å²) in [6.45, 7) is 5.42. The first-order valence-electron chi connectivity index (χ1n) is 9.31. The minimum Gasteiger partial charge on any atom is -0.478 e. The molecule has 1 saturated heterocycles. The van der Waals surface area contributed by atoms with Crippen molar-refractivity contribution in [2.75, 3.05) is 18.0 Å². The van der Waals surface area contributed by atoms with E-state index >= 15 is 0 Å². The monoisotopic (exact) mass is 398 g/mol. The number of anilines is 1. The molecule has 1 aliphatic rings. The minimum absolute atomic E-state index is 0.169. The Morgan fingerprint density at radius 2 is 1.79 bits per heavy atom. The van der Waals surface area contributed by atoms with E-state index in [1.54, 1.807) is 18.2 Å². The van der Waals surface area contributed by atoms with Crippen LogP contribution < -0.4 is 10.2 Å². The maximum absolute atomic E-state index is 13.0. The van der Waals surface area contributed by atoms with Crippen molar-refractivity contribution in [3.63, 3.8) is 0 Å². The molecular weight excluding hydrogens is 376 g/mol. The van der Waals surface area contributed by atoms with Gasteiger partial charge in [-0.05, 0) is 55.3 Å². The van der Waals surface area contributed by atoms with Crippen molar-refractivity contribution in [1.82, 2.24) is 5.32 Å². The number of carbonyl (C=O) groups excluding carboxylic acids is 1. The number of aromatic carboxylic acids is 1. The van der Waals surface area contributed by atoms with E-state index in [2.05, 4.69) is 16.8 Å². The molecule has 1 aliphatic heterocycles. The van der Waals surface area contributed by atoms with Crippen LogP contribution in [0.1, 0.15) is 46.7 Å². The summed E-state index contributed by atoms with van der Waals surface area (Å²) in [7, 11) is 0. The van der Waals surface area contributed by atoms with Crippen LogP contribution in [0.15, 0.2) is 55.2 Å². The molecule has 0 saturated carbocycles. The second-order valence-electron chi connectivity index (χ2n) is 6.79. The fraction of sp³-hybridized carbons (Fsp3) is 0.273. The molecule has 146 valence electrons. The highest BCUT2D eigenvalue weighted by Gasteiger charge is 2.29. The highest BCUT2D eigenvalue weighted by molar-refractivity contribution is 6.32. The molecule has 0 spiro atoms. The lowest BCUT2D eigenvalue weighted by atomic mass is 9.88. The van der Waals surface area contributed by atoms with Crippen molar-refractivity contribution in [2.45, 2.75) is 25.2 Å². The molecule has 1 unspecified atom stereocenters. The largest absolute Gasteiger partial charge is 0.478 e. The molecule has 2 aromatic carbocycles. The molecule has 6 heteroatoms. The van der Waals surface area contributed by atoms with Crippen LogP contribution in [0.2, 0.25) is 5.02 Å². The van der Waals surface area contributed by atoms with Gasteiger partial charge in [0, 0.05) is 29.4 Å². The predicted octanol–water partition coefficient (Wildman–Crippen LogP) is 4.42. The SMILES string of the molecule is C=CNC(=O)C(c1ccc(C(=O)O)cc1)c1c(Cl)cccc1N1CCCCC1. The Labute approximate surface area is 169 Å². The average Bonchev–Trinajstić information content (AvgIpc) is 2.70. The van der Waals surface area contributed by atoms with Gasteiger partial charge < -0.3 is 15.3 Å². The number of carboxylic acid groups (broad SMARTS) is 1. The van der Waals surface area contributed by atoms with E-state index in [9.17, 15) is 9.59 Å². The molecule has 2 N–H and O–H groups in total. The first-order chi connectivity index (χ1) is 13.5. The van der Waals surface area contributed by atoms with Crippen molar-refractivity contribution in [3.05, 3.63) is 77.0 Å². The number of carboxylic acids is 1.